The fourth-order valence-corrected chi connectivity index (χ4v) is 1.89. The van der Waals surface area contributed by atoms with Crippen molar-refractivity contribution in [2.75, 3.05) is 33.4 Å². The molecular formula is C12H25N3O2. The number of nitrogens with one attached hydrogen (secondary N) is 2. The molecule has 1 aliphatic rings. The van der Waals surface area contributed by atoms with Gasteiger partial charge in [0.15, 0.2) is 0 Å². The summed E-state index contributed by atoms with van der Waals surface area (Å²) >= 11 is 0. The maximum atomic E-state index is 11.8. The third kappa shape index (κ3) is 5.37. The lowest BCUT2D eigenvalue weighted by atomic mass is 10.1. The maximum absolute atomic E-state index is 11.8. The van der Waals surface area contributed by atoms with Crippen LogP contribution in [-0.2, 0) is 4.74 Å². The molecule has 1 rings (SSSR count). The highest BCUT2D eigenvalue weighted by Crippen LogP contribution is 2.18. The molecule has 1 atom stereocenters. The van der Waals surface area contributed by atoms with Gasteiger partial charge < -0.3 is 20.3 Å². The summed E-state index contributed by atoms with van der Waals surface area (Å²) in [4.78, 5) is 13.6. The molecule has 0 aromatic carbocycles. The number of rotatable bonds is 4. The first-order chi connectivity index (χ1) is 7.92. The van der Waals surface area contributed by atoms with E-state index < -0.39 is 5.60 Å². The van der Waals surface area contributed by atoms with Gasteiger partial charge in [-0.15, -0.1) is 0 Å². The molecule has 0 bridgehead atoms. The molecular weight excluding hydrogens is 218 g/mol. The summed E-state index contributed by atoms with van der Waals surface area (Å²) in [5, 5.41) is 6.34. The van der Waals surface area contributed by atoms with Crippen molar-refractivity contribution in [2.24, 2.45) is 5.92 Å². The van der Waals surface area contributed by atoms with Crippen LogP contribution in [-0.4, -0.2) is 49.9 Å². The Bertz CT molecular complexity index is 251. The fraction of sp³-hybridized carbons (Fsp3) is 0.917. The minimum atomic E-state index is -0.403. The number of amides is 1. The molecule has 1 amide bonds. The van der Waals surface area contributed by atoms with Crippen molar-refractivity contribution >= 4 is 6.09 Å². The quantitative estimate of drug-likeness (QED) is 0.571. The smallest absolute Gasteiger partial charge is 0.410 e. The van der Waals surface area contributed by atoms with Crippen molar-refractivity contribution in [2.45, 2.75) is 32.8 Å². The standard InChI is InChI=1S/C12H25N3O2/c1-12(2,3)17-11(16)15-6-5-10(8-15)7-14-9-13-4/h10,13-14H,5-9H2,1-4H3. The van der Waals surface area contributed by atoms with Gasteiger partial charge in [0.1, 0.15) is 5.60 Å². The summed E-state index contributed by atoms with van der Waals surface area (Å²) < 4.78 is 5.35. The Morgan fingerprint density at radius 1 is 1.47 bits per heavy atom. The number of hydrogen-bond donors (Lipinski definition) is 2. The molecule has 0 saturated carbocycles. The maximum Gasteiger partial charge on any atom is 0.410 e. The lowest BCUT2D eigenvalue weighted by Gasteiger charge is -2.24. The van der Waals surface area contributed by atoms with Crippen molar-refractivity contribution in [3.8, 4) is 0 Å². The van der Waals surface area contributed by atoms with Gasteiger partial charge in [-0.25, -0.2) is 4.79 Å². The van der Waals surface area contributed by atoms with E-state index >= 15 is 0 Å². The van der Waals surface area contributed by atoms with Crippen LogP contribution in [0.1, 0.15) is 27.2 Å². The van der Waals surface area contributed by atoms with Gasteiger partial charge in [0.25, 0.3) is 0 Å². The average Bonchev–Trinajstić information content (AvgIpc) is 2.64. The lowest BCUT2D eigenvalue weighted by Crippen LogP contribution is -2.36. The fourth-order valence-electron chi connectivity index (χ4n) is 1.89. The summed E-state index contributed by atoms with van der Waals surface area (Å²) in [5.74, 6) is 0.538. The molecule has 5 nitrogen and oxygen atoms in total. The molecule has 0 aromatic rings. The third-order valence-corrected chi connectivity index (χ3v) is 2.67. The zero-order valence-electron chi connectivity index (χ0n) is 11.4. The van der Waals surface area contributed by atoms with Crippen molar-refractivity contribution in [3.05, 3.63) is 0 Å². The molecule has 1 unspecified atom stereocenters. The Hall–Kier alpha value is -0.810. The topological polar surface area (TPSA) is 53.6 Å². The highest BCUT2D eigenvalue weighted by molar-refractivity contribution is 5.68. The number of likely N-dealkylation sites (tertiary alicyclic amines) is 1. The number of hydrogen-bond acceptors (Lipinski definition) is 4. The first-order valence-corrected chi connectivity index (χ1v) is 6.25. The van der Waals surface area contributed by atoms with Crippen LogP contribution in [0.25, 0.3) is 0 Å². The predicted octanol–water partition coefficient (Wildman–Crippen LogP) is 1.01. The van der Waals surface area contributed by atoms with E-state index in [0.29, 0.717) is 5.92 Å². The molecule has 17 heavy (non-hydrogen) atoms. The first-order valence-electron chi connectivity index (χ1n) is 6.25. The van der Waals surface area contributed by atoms with E-state index in [-0.39, 0.29) is 6.09 Å². The Kier molecular flexibility index (Phi) is 5.21. The summed E-state index contributed by atoms with van der Waals surface area (Å²) in [6.07, 6.45) is 0.865. The monoisotopic (exact) mass is 243 g/mol. The average molecular weight is 243 g/mol. The van der Waals surface area contributed by atoms with Gasteiger partial charge in [0.05, 0.1) is 0 Å². The van der Waals surface area contributed by atoms with E-state index in [9.17, 15) is 4.79 Å². The van der Waals surface area contributed by atoms with E-state index in [1.807, 2.05) is 27.8 Å². The van der Waals surface area contributed by atoms with Gasteiger partial charge >= 0.3 is 6.09 Å². The SMILES string of the molecule is CNCNCC1CCN(C(=O)OC(C)(C)C)C1. The van der Waals surface area contributed by atoms with Gasteiger partial charge in [0, 0.05) is 26.3 Å². The Balaban J connectivity index is 2.27. The predicted molar refractivity (Wildman–Crippen MR) is 67.8 cm³/mol. The zero-order valence-corrected chi connectivity index (χ0v) is 11.4. The molecule has 1 saturated heterocycles. The highest BCUT2D eigenvalue weighted by atomic mass is 16.6. The Labute approximate surface area is 104 Å². The number of carbonyl (C=O) groups excluding carboxylic acids is 1. The van der Waals surface area contributed by atoms with Crippen LogP contribution >= 0.6 is 0 Å². The largest absolute Gasteiger partial charge is 0.444 e. The Morgan fingerprint density at radius 2 is 2.18 bits per heavy atom. The second-order valence-electron chi connectivity index (χ2n) is 5.57. The summed E-state index contributed by atoms with van der Waals surface area (Å²) in [6, 6.07) is 0. The number of nitrogens with zero attached hydrogens (tertiary/aromatic N) is 1. The molecule has 0 radical (unpaired) electrons. The van der Waals surface area contributed by atoms with Crippen molar-refractivity contribution in [3.63, 3.8) is 0 Å². The van der Waals surface area contributed by atoms with Crippen LogP contribution in [0.5, 0.6) is 0 Å². The van der Waals surface area contributed by atoms with Crippen LogP contribution in [0, 0.1) is 5.92 Å². The highest BCUT2D eigenvalue weighted by Gasteiger charge is 2.29. The molecule has 2 N–H and O–H groups in total. The third-order valence-electron chi connectivity index (χ3n) is 2.67. The van der Waals surface area contributed by atoms with E-state index in [1.165, 1.54) is 0 Å². The summed E-state index contributed by atoms with van der Waals surface area (Å²) in [5.41, 5.74) is -0.403. The van der Waals surface area contributed by atoms with E-state index in [4.69, 9.17) is 4.74 Å². The van der Waals surface area contributed by atoms with Gasteiger partial charge in [-0.3, -0.25) is 0 Å². The molecule has 1 heterocycles. The minimum absolute atomic E-state index is 0.186. The van der Waals surface area contributed by atoms with Crippen molar-refractivity contribution in [1.29, 1.82) is 0 Å². The van der Waals surface area contributed by atoms with E-state index in [1.54, 1.807) is 4.90 Å². The molecule has 0 aromatic heterocycles. The summed E-state index contributed by atoms with van der Waals surface area (Å²) in [6.45, 7) is 9.04. The van der Waals surface area contributed by atoms with Crippen LogP contribution in [0.3, 0.4) is 0 Å². The van der Waals surface area contributed by atoms with Crippen LogP contribution in [0.15, 0.2) is 0 Å². The van der Waals surface area contributed by atoms with E-state index in [0.717, 1.165) is 32.7 Å². The normalized spacial score (nSPS) is 20.7. The Morgan fingerprint density at radius 3 is 2.76 bits per heavy atom. The number of carbonyl (C=O) groups is 1. The van der Waals surface area contributed by atoms with Gasteiger partial charge in [0.2, 0.25) is 0 Å². The van der Waals surface area contributed by atoms with E-state index in [2.05, 4.69) is 10.6 Å². The molecule has 1 fully saturated rings. The molecule has 5 heteroatoms. The number of ether oxygens (including phenoxy) is 1. The zero-order chi connectivity index (χ0) is 12.9. The van der Waals surface area contributed by atoms with Crippen LogP contribution < -0.4 is 10.6 Å². The summed E-state index contributed by atoms with van der Waals surface area (Å²) in [7, 11) is 1.91. The van der Waals surface area contributed by atoms with Crippen LogP contribution in [0.4, 0.5) is 4.79 Å². The molecule has 0 aliphatic carbocycles. The van der Waals surface area contributed by atoms with Gasteiger partial charge in [-0.05, 0) is 40.2 Å². The van der Waals surface area contributed by atoms with Gasteiger partial charge in [-0.2, -0.15) is 0 Å². The molecule has 100 valence electrons. The first kappa shape index (κ1) is 14.3. The van der Waals surface area contributed by atoms with Gasteiger partial charge in [-0.1, -0.05) is 0 Å². The second kappa shape index (κ2) is 6.21. The van der Waals surface area contributed by atoms with Crippen LogP contribution in [0.2, 0.25) is 0 Å². The second-order valence-corrected chi connectivity index (χ2v) is 5.57. The molecule has 0 spiro atoms. The van der Waals surface area contributed by atoms with Crippen molar-refractivity contribution < 1.29 is 9.53 Å². The minimum Gasteiger partial charge on any atom is -0.444 e. The lowest BCUT2D eigenvalue weighted by molar-refractivity contribution is 0.0288. The van der Waals surface area contributed by atoms with Crippen molar-refractivity contribution in [1.82, 2.24) is 15.5 Å². The molecule has 1 aliphatic heterocycles.